The maximum absolute atomic E-state index is 10.7. The molecule has 63 heavy (non-hydrogen) atoms. The van der Waals surface area contributed by atoms with Crippen molar-refractivity contribution in [2.75, 3.05) is 0 Å². The van der Waals surface area contributed by atoms with Gasteiger partial charge in [0.2, 0.25) is 0 Å². The van der Waals surface area contributed by atoms with Gasteiger partial charge in [-0.3, -0.25) is 15.0 Å². The third kappa shape index (κ3) is 29.1. The molecule has 0 saturated carbocycles. The number of benzene rings is 3. The van der Waals surface area contributed by atoms with Gasteiger partial charge in [-0.2, -0.15) is 5.26 Å². The molecule has 0 fully saturated rings. The molecule has 340 valence electrons. The Morgan fingerprint density at radius 2 is 0.794 bits per heavy atom. The van der Waals surface area contributed by atoms with Gasteiger partial charge in [-0.1, -0.05) is 108 Å². The fraction of sp³-hybridized carbons (Fsp3) is 0.0513. The summed E-state index contributed by atoms with van der Waals surface area (Å²) in [5.41, 5.74) is 4.58. The van der Waals surface area contributed by atoms with E-state index in [1.807, 2.05) is 66.9 Å². The molecule has 0 unspecified atom stereocenters. The number of pyridine rings is 4. The van der Waals surface area contributed by atoms with Crippen molar-refractivity contribution in [3.05, 3.63) is 164 Å². The summed E-state index contributed by atoms with van der Waals surface area (Å²) in [6.07, 6.45) is 5.43. The molecular weight excluding hydrogens is 1070 g/mol. The predicted octanol–water partition coefficient (Wildman–Crippen LogP) is 16.2. The van der Waals surface area contributed by atoms with Crippen LogP contribution in [0.25, 0.3) is 33.7 Å². The van der Waals surface area contributed by atoms with Crippen molar-refractivity contribution in [1.82, 2.24) is 19.9 Å². The number of nitriles is 1. The van der Waals surface area contributed by atoms with E-state index in [2.05, 4.69) is 105 Å². The Bertz CT molecular complexity index is 2330. The zero-order chi connectivity index (χ0) is 46.8. The first kappa shape index (κ1) is 57.0. The van der Waals surface area contributed by atoms with Crippen LogP contribution in [0.15, 0.2) is 164 Å². The fourth-order valence-corrected chi connectivity index (χ4v) is 7.46. The van der Waals surface area contributed by atoms with Gasteiger partial charge in [0.15, 0.2) is 4.30 Å². The SMILES string of the molecule is CC#N.ClC(Cl)Cl.F[P-](F)(F)(F)(F)F.F[P-](F)(F)(F)(F)F.[Ru+2].c1ccc(-c2cccc(-c3ccccn3)n2)nc1.c1ccc([PH+](c2ccccc2)c2cccc3cccnc23)cc1. The molecule has 0 radical (unpaired) electrons. The molecule has 0 saturated heterocycles. The summed E-state index contributed by atoms with van der Waals surface area (Å²) in [4.78, 5) is 17.9. The molecule has 5 nitrogen and oxygen atoms in total. The van der Waals surface area contributed by atoms with Crippen molar-refractivity contribution in [2.24, 2.45) is 0 Å². The topological polar surface area (TPSA) is 75.3 Å². The molecule has 0 spiro atoms. The Balaban J connectivity index is 0.000000439. The van der Waals surface area contributed by atoms with Gasteiger partial charge in [0.1, 0.15) is 29.4 Å². The van der Waals surface area contributed by atoms with Crippen LogP contribution in [0.1, 0.15) is 6.92 Å². The quantitative estimate of drug-likeness (QED) is 0.0743. The minimum absolute atomic E-state index is 0. The van der Waals surface area contributed by atoms with E-state index < -0.39 is 27.8 Å². The molecule has 7 aromatic rings. The number of nitrogens with zero attached hydrogens (tertiary/aromatic N) is 5. The number of para-hydroxylation sites is 1. The molecule has 0 bridgehead atoms. The van der Waals surface area contributed by atoms with Gasteiger partial charge in [0, 0.05) is 30.9 Å². The number of hydrogen-bond acceptors (Lipinski definition) is 5. The van der Waals surface area contributed by atoms with Crippen LogP contribution >= 0.6 is 58.3 Å². The zero-order valence-corrected chi connectivity index (χ0v) is 38.6. The van der Waals surface area contributed by atoms with Gasteiger partial charge in [-0.25, -0.2) is 4.98 Å². The van der Waals surface area contributed by atoms with Crippen molar-refractivity contribution in [3.8, 4) is 28.8 Å². The van der Waals surface area contributed by atoms with Gasteiger partial charge in [0.25, 0.3) is 0 Å². The Kier molecular flexibility index (Phi) is 20.5. The molecule has 3 aromatic carbocycles. The molecule has 4 heterocycles. The second-order valence-corrected chi connectivity index (χ2v) is 20.0. The van der Waals surface area contributed by atoms with Crippen LogP contribution < -0.4 is 15.9 Å². The Hall–Kier alpha value is -4.05. The van der Waals surface area contributed by atoms with Gasteiger partial charge in [0.05, 0.1) is 28.8 Å². The Morgan fingerprint density at radius 3 is 1.16 bits per heavy atom. The fourth-order valence-electron chi connectivity index (χ4n) is 4.74. The van der Waals surface area contributed by atoms with E-state index in [4.69, 9.17) is 40.1 Å². The molecule has 0 atom stereocenters. The van der Waals surface area contributed by atoms with Crippen molar-refractivity contribution in [3.63, 3.8) is 0 Å². The third-order valence-corrected chi connectivity index (χ3v) is 9.39. The van der Waals surface area contributed by atoms with Crippen molar-refractivity contribution in [1.29, 1.82) is 5.26 Å². The molecule has 7 rings (SSSR count). The van der Waals surface area contributed by atoms with E-state index in [1.54, 1.807) is 18.5 Å². The third-order valence-electron chi connectivity index (χ3n) is 6.63. The molecular formula is C39H32Cl3F12N5P3Ru+. The number of fused-ring (bicyclic) bond motifs is 1. The number of aromatic nitrogens is 4. The van der Waals surface area contributed by atoms with Gasteiger partial charge in [-0.15, -0.1) is 0 Å². The molecule has 0 aliphatic carbocycles. The number of hydrogen-bond donors (Lipinski definition) is 0. The number of alkyl halides is 3. The van der Waals surface area contributed by atoms with E-state index in [-0.39, 0.29) is 19.5 Å². The summed E-state index contributed by atoms with van der Waals surface area (Å²) in [7, 11) is -22.4. The molecule has 0 amide bonds. The van der Waals surface area contributed by atoms with Crippen molar-refractivity contribution in [2.45, 2.75) is 11.2 Å². The Morgan fingerprint density at radius 1 is 0.476 bits per heavy atom. The summed E-state index contributed by atoms with van der Waals surface area (Å²) in [6, 6.07) is 51.5. The van der Waals surface area contributed by atoms with Crippen molar-refractivity contribution < 1.29 is 69.8 Å². The minimum Gasteiger partial charge on any atom is -0.255 e. The second-order valence-electron chi connectivity index (χ2n) is 11.7. The van der Waals surface area contributed by atoms with Gasteiger partial charge >= 0.3 is 85.5 Å². The van der Waals surface area contributed by atoms with Gasteiger partial charge in [-0.05, 0) is 72.8 Å². The van der Waals surface area contributed by atoms with E-state index in [9.17, 15) is 50.4 Å². The van der Waals surface area contributed by atoms with Gasteiger partial charge < -0.3 is 0 Å². The largest absolute Gasteiger partial charge is 2.00 e. The van der Waals surface area contributed by atoms with Crippen molar-refractivity contribution >= 4 is 85.2 Å². The van der Waals surface area contributed by atoms with Crippen LogP contribution in [0.5, 0.6) is 0 Å². The smallest absolute Gasteiger partial charge is 0.255 e. The van der Waals surface area contributed by atoms with E-state index in [0.29, 0.717) is 0 Å². The minimum atomic E-state index is -10.7. The Labute approximate surface area is 382 Å². The zero-order valence-electron chi connectivity index (χ0n) is 31.8. The predicted molar refractivity (Wildman–Crippen MR) is 232 cm³/mol. The molecule has 0 aliphatic heterocycles. The average Bonchev–Trinajstić information content (AvgIpc) is 3.18. The van der Waals surface area contributed by atoms with E-state index >= 15 is 0 Å². The van der Waals surface area contributed by atoms with Crippen LogP contribution in [0.2, 0.25) is 0 Å². The normalized spacial score (nSPS) is 12.8. The molecule has 4 aromatic heterocycles. The van der Waals surface area contributed by atoms with Crippen LogP contribution in [-0.2, 0) is 19.5 Å². The first-order valence-electron chi connectivity index (χ1n) is 16.9. The van der Waals surface area contributed by atoms with Crippen LogP contribution in [-0.4, -0.2) is 24.2 Å². The summed E-state index contributed by atoms with van der Waals surface area (Å²) >= 11 is 14.4. The first-order chi connectivity index (χ1) is 28.4. The average molecular weight is 1100 g/mol. The van der Waals surface area contributed by atoms with Crippen LogP contribution in [0.3, 0.4) is 0 Å². The number of halogens is 15. The van der Waals surface area contributed by atoms with E-state index in [1.165, 1.54) is 28.2 Å². The van der Waals surface area contributed by atoms with E-state index in [0.717, 1.165) is 28.3 Å². The molecule has 24 heteroatoms. The summed E-state index contributed by atoms with van der Waals surface area (Å²) in [5.74, 6) is 0. The number of rotatable bonds is 5. The first-order valence-corrected chi connectivity index (χ1v) is 23.8. The van der Waals surface area contributed by atoms with Crippen LogP contribution in [0.4, 0.5) is 50.4 Å². The summed E-state index contributed by atoms with van der Waals surface area (Å²) < 4.78 is 118. The molecule has 0 N–H and O–H groups in total. The monoisotopic (exact) mass is 1100 g/mol. The summed E-state index contributed by atoms with van der Waals surface area (Å²) in [6.45, 7) is 1.43. The second kappa shape index (κ2) is 22.7. The maximum atomic E-state index is 9.87. The van der Waals surface area contributed by atoms with Crippen LogP contribution in [0, 0.1) is 11.3 Å². The standard InChI is InChI=1S/C21H16NP.C15H11N3.C2H3N.CHCl3.2F6P.Ru/c1-3-11-18(12-4-1)23(19-13-5-2-6-14-19)20-15-7-9-17-10-8-16-22-21(17)20;1-3-10-16-12(6-1)14-8-5-9-15(18-14)13-7-2-4-11-17-13;1-2-3;2-1(3)4;2*1-7(2,3,4,5)6;/h1-16H;1-11H;1H3;1H;;;/q;;;;2*-1;+2/p+1. The maximum Gasteiger partial charge on any atom is 2.00 e. The summed E-state index contributed by atoms with van der Waals surface area (Å²) in [5, 5.41) is 12.7. The molecule has 0 aliphatic rings.